The van der Waals surface area contributed by atoms with Gasteiger partial charge < -0.3 is 4.57 Å². The molecule has 2 heterocycles. The molecular formula is C21H25ClFN5O2S. The first-order chi connectivity index (χ1) is 14.6. The number of halogens is 2. The van der Waals surface area contributed by atoms with Crippen molar-refractivity contribution in [2.75, 3.05) is 20.6 Å². The zero-order valence-corrected chi connectivity index (χ0v) is 19.4. The lowest BCUT2D eigenvalue weighted by Crippen LogP contribution is -2.22. The highest BCUT2D eigenvalue weighted by Gasteiger charge is 2.19. The highest BCUT2D eigenvalue weighted by Crippen LogP contribution is 2.28. The third kappa shape index (κ3) is 4.95. The van der Waals surface area contributed by atoms with E-state index in [1.165, 1.54) is 24.5 Å². The van der Waals surface area contributed by atoms with Crippen molar-refractivity contribution >= 4 is 32.8 Å². The summed E-state index contributed by atoms with van der Waals surface area (Å²) in [6.07, 6.45) is 3.62. The molecule has 0 radical (unpaired) electrons. The fourth-order valence-corrected chi connectivity index (χ4v) is 4.35. The second-order valence-electron chi connectivity index (χ2n) is 7.40. The molecule has 0 aliphatic rings. The van der Waals surface area contributed by atoms with Gasteiger partial charge >= 0.3 is 0 Å². The maximum Gasteiger partial charge on any atom is 0.242 e. The summed E-state index contributed by atoms with van der Waals surface area (Å²) in [5, 5.41) is 0. The Morgan fingerprint density at radius 1 is 1.26 bits per heavy atom. The monoisotopic (exact) mass is 465 g/mol. The Hall–Kier alpha value is -2.33. The Balaban J connectivity index is 2.01. The quantitative estimate of drug-likeness (QED) is 0.515. The molecule has 1 N–H and O–H groups in total. The lowest BCUT2D eigenvalue weighted by atomic mass is 10.0. The van der Waals surface area contributed by atoms with Crippen molar-refractivity contribution < 1.29 is 12.8 Å². The van der Waals surface area contributed by atoms with E-state index in [1.807, 2.05) is 18.4 Å². The highest BCUT2D eigenvalue weighted by molar-refractivity contribution is 7.89. The summed E-state index contributed by atoms with van der Waals surface area (Å²) in [5.74, 6) is 0.305. The van der Waals surface area contributed by atoms with Gasteiger partial charge in [-0.15, -0.1) is 0 Å². The van der Waals surface area contributed by atoms with Crippen LogP contribution in [0.15, 0.2) is 47.3 Å². The van der Waals surface area contributed by atoms with Crippen LogP contribution in [0.1, 0.15) is 22.6 Å². The number of benzene rings is 1. The second kappa shape index (κ2) is 9.44. The van der Waals surface area contributed by atoms with Gasteiger partial charge in [-0.25, -0.2) is 31.9 Å². The van der Waals surface area contributed by atoms with Crippen molar-refractivity contribution in [2.45, 2.75) is 31.7 Å². The molecular weight excluding hydrogens is 441 g/mol. The van der Waals surface area contributed by atoms with Crippen molar-refractivity contribution in [3.63, 3.8) is 0 Å². The van der Waals surface area contributed by atoms with Gasteiger partial charge in [0, 0.05) is 38.3 Å². The predicted molar refractivity (Wildman–Crippen MR) is 120 cm³/mol. The summed E-state index contributed by atoms with van der Waals surface area (Å²) in [4.78, 5) is 11.5. The number of fused-ring (bicyclic) bond motifs is 1. The molecule has 3 aromatic rings. The van der Waals surface area contributed by atoms with Crippen molar-refractivity contribution in [3.05, 3.63) is 65.0 Å². The Morgan fingerprint density at radius 3 is 2.55 bits per heavy atom. The standard InChI is InChI=1S/C21H25ClFN5O2S/c1-14-19(11-16-5-7-18(8-6-16)31(29,30)27(3)4)21-20(12-24-15(2)26-21)28(14)13-17(23)9-10-25-22/h5-9,12,25H,10-11,13H2,1-4H3/b17-9-. The number of aryl methyl sites for hydroxylation is 1. The molecule has 0 atom stereocenters. The van der Waals surface area contributed by atoms with Crippen LogP contribution in [0.25, 0.3) is 11.0 Å². The van der Waals surface area contributed by atoms with E-state index < -0.39 is 10.0 Å². The topological polar surface area (TPSA) is 80.1 Å². The molecule has 0 aliphatic carbocycles. The van der Waals surface area contributed by atoms with Gasteiger partial charge in [-0.3, -0.25) is 0 Å². The maximum atomic E-state index is 14.4. The molecule has 0 amide bonds. The Bertz CT molecular complexity index is 1220. The molecule has 31 heavy (non-hydrogen) atoms. The first-order valence-electron chi connectivity index (χ1n) is 9.66. The number of allylic oxidation sites excluding steroid dienone is 1. The van der Waals surface area contributed by atoms with E-state index in [0.717, 1.165) is 27.9 Å². The fraction of sp³-hybridized carbons (Fsp3) is 0.333. The molecule has 0 fully saturated rings. The predicted octanol–water partition coefficient (Wildman–Crippen LogP) is 3.49. The summed E-state index contributed by atoms with van der Waals surface area (Å²) in [6, 6.07) is 6.78. The van der Waals surface area contributed by atoms with E-state index in [1.54, 1.807) is 30.5 Å². The zero-order chi connectivity index (χ0) is 22.8. The first-order valence-corrected chi connectivity index (χ1v) is 11.5. The number of rotatable bonds is 8. The Kier molecular flexibility index (Phi) is 7.10. The average molecular weight is 466 g/mol. The summed E-state index contributed by atoms with van der Waals surface area (Å²) in [7, 11) is -0.485. The fourth-order valence-electron chi connectivity index (χ4n) is 3.37. The summed E-state index contributed by atoms with van der Waals surface area (Å²) in [5.41, 5.74) is 4.26. The van der Waals surface area contributed by atoms with Crippen LogP contribution in [-0.2, 0) is 23.0 Å². The first kappa shape index (κ1) is 23.3. The van der Waals surface area contributed by atoms with E-state index in [9.17, 15) is 12.8 Å². The Morgan fingerprint density at radius 2 is 1.94 bits per heavy atom. The van der Waals surface area contributed by atoms with E-state index in [2.05, 4.69) is 14.8 Å². The molecule has 0 unspecified atom stereocenters. The van der Waals surface area contributed by atoms with Crippen LogP contribution in [0.5, 0.6) is 0 Å². The van der Waals surface area contributed by atoms with Crippen LogP contribution in [-0.4, -0.2) is 47.9 Å². The lowest BCUT2D eigenvalue weighted by Gasteiger charge is -2.12. The third-order valence-corrected chi connectivity index (χ3v) is 7.08. The van der Waals surface area contributed by atoms with Crippen molar-refractivity contribution in [2.24, 2.45) is 0 Å². The minimum absolute atomic E-state index is 0.0489. The molecule has 0 spiro atoms. The summed E-state index contributed by atoms with van der Waals surface area (Å²) in [6.45, 7) is 4.00. The van der Waals surface area contributed by atoms with Gasteiger partial charge in [-0.2, -0.15) is 0 Å². The largest absolute Gasteiger partial charge is 0.335 e. The van der Waals surface area contributed by atoms with Crippen LogP contribution < -0.4 is 4.84 Å². The number of nitrogens with zero attached hydrogens (tertiary/aromatic N) is 4. The van der Waals surface area contributed by atoms with Crippen LogP contribution in [0, 0.1) is 13.8 Å². The maximum absolute atomic E-state index is 14.4. The lowest BCUT2D eigenvalue weighted by molar-refractivity contribution is 0.520. The molecule has 0 saturated heterocycles. The van der Waals surface area contributed by atoms with Crippen LogP contribution >= 0.6 is 11.8 Å². The number of nitrogens with one attached hydrogen (secondary N) is 1. The van der Waals surface area contributed by atoms with Crippen LogP contribution in [0.4, 0.5) is 4.39 Å². The molecule has 0 bridgehead atoms. The molecule has 166 valence electrons. The van der Waals surface area contributed by atoms with Gasteiger partial charge in [0.25, 0.3) is 0 Å². The van der Waals surface area contributed by atoms with Crippen molar-refractivity contribution in [3.8, 4) is 0 Å². The zero-order valence-electron chi connectivity index (χ0n) is 17.9. The SMILES string of the molecule is Cc1ncc2c(n1)c(Cc1ccc(S(=O)(=O)N(C)C)cc1)c(C)n2C/C(F)=C/CNCl. The minimum Gasteiger partial charge on any atom is -0.335 e. The summed E-state index contributed by atoms with van der Waals surface area (Å²) < 4.78 is 42.0. The average Bonchev–Trinajstić information content (AvgIpc) is 2.97. The normalized spacial score (nSPS) is 12.8. The second-order valence-corrected chi connectivity index (χ2v) is 9.82. The molecule has 1 aromatic carbocycles. The molecule has 7 nitrogen and oxygen atoms in total. The van der Waals surface area contributed by atoms with Crippen molar-refractivity contribution in [1.29, 1.82) is 0 Å². The number of sulfonamides is 1. The number of hydrogen-bond acceptors (Lipinski definition) is 5. The van der Waals surface area contributed by atoms with Gasteiger partial charge in [-0.1, -0.05) is 12.1 Å². The molecule has 0 aliphatic heterocycles. The van der Waals surface area contributed by atoms with E-state index in [4.69, 9.17) is 11.8 Å². The minimum atomic E-state index is -3.49. The van der Waals surface area contributed by atoms with Crippen LogP contribution in [0.3, 0.4) is 0 Å². The smallest absolute Gasteiger partial charge is 0.242 e. The molecule has 2 aromatic heterocycles. The van der Waals surface area contributed by atoms with E-state index in [-0.39, 0.29) is 23.8 Å². The van der Waals surface area contributed by atoms with E-state index in [0.29, 0.717) is 12.2 Å². The number of aromatic nitrogens is 3. The van der Waals surface area contributed by atoms with Crippen molar-refractivity contribution in [1.82, 2.24) is 23.7 Å². The van der Waals surface area contributed by atoms with Gasteiger partial charge in [0.2, 0.25) is 10.0 Å². The van der Waals surface area contributed by atoms with E-state index >= 15 is 0 Å². The highest BCUT2D eigenvalue weighted by atomic mass is 35.5. The molecule has 0 saturated carbocycles. The van der Waals surface area contributed by atoms with Gasteiger partial charge in [0.15, 0.2) is 0 Å². The van der Waals surface area contributed by atoms with Gasteiger partial charge in [0.1, 0.15) is 11.7 Å². The van der Waals surface area contributed by atoms with Gasteiger partial charge in [0.05, 0.1) is 28.7 Å². The van der Waals surface area contributed by atoms with Gasteiger partial charge in [-0.05, 0) is 49.4 Å². The molecule has 10 heteroatoms. The molecule has 3 rings (SSSR count). The number of hydrogen-bond donors (Lipinski definition) is 1. The Labute approximate surface area is 186 Å². The van der Waals surface area contributed by atoms with Crippen LogP contribution in [0.2, 0.25) is 0 Å². The summed E-state index contributed by atoms with van der Waals surface area (Å²) >= 11 is 5.41. The third-order valence-electron chi connectivity index (χ3n) is 5.10.